The summed E-state index contributed by atoms with van der Waals surface area (Å²) in [5.41, 5.74) is 4.58. The first-order valence-corrected chi connectivity index (χ1v) is 13.3. The number of carbonyl (C=O) groups excluding carboxylic acids is 2. The van der Waals surface area contributed by atoms with Gasteiger partial charge in [-0.25, -0.2) is 13.4 Å². The number of hydrazine groups is 1. The van der Waals surface area contributed by atoms with E-state index >= 15 is 0 Å². The van der Waals surface area contributed by atoms with Crippen LogP contribution in [0.15, 0.2) is 21.5 Å². The number of nitrogens with zero attached hydrogens (tertiary/aromatic N) is 3. The third-order valence-corrected chi connectivity index (χ3v) is 9.21. The minimum atomic E-state index is -3.76. The Morgan fingerprint density at radius 3 is 2.47 bits per heavy atom. The molecule has 4 rings (SSSR count). The van der Waals surface area contributed by atoms with Crippen molar-refractivity contribution in [3.63, 3.8) is 0 Å². The lowest BCUT2D eigenvalue weighted by Gasteiger charge is -2.33. The number of amides is 2. The highest BCUT2D eigenvalue weighted by atomic mass is 79.9. The number of nitrogens with one attached hydrogen (secondary N) is 1. The summed E-state index contributed by atoms with van der Waals surface area (Å²) in [5, 5.41) is 1.86. The van der Waals surface area contributed by atoms with Crippen LogP contribution < -0.4 is 10.3 Å². The summed E-state index contributed by atoms with van der Waals surface area (Å²) in [4.78, 5) is 26.7. The van der Waals surface area contributed by atoms with Crippen LogP contribution in [0.5, 0.6) is 0 Å². The quantitative estimate of drug-likeness (QED) is 0.621. The highest BCUT2D eigenvalue weighted by Crippen LogP contribution is 2.37. The van der Waals surface area contributed by atoms with Crippen LogP contribution in [0.2, 0.25) is 0 Å². The fourth-order valence-corrected chi connectivity index (χ4v) is 7.00. The molecule has 11 heteroatoms. The number of sulfonamides is 1. The van der Waals surface area contributed by atoms with Crippen LogP contribution in [-0.2, 0) is 30.8 Å². The average molecular weight is 529 g/mol. The summed E-state index contributed by atoms with van der Waals surface area (Å²) in [7, 11) is -3.76. The predicted molar refractivity (Wildman–Crippen MR) is 123 cm³/mol. The van der Waals surface area contributed by atoms with Gasteiger partial charge in [0.1, 0.15) is 0 Å². The van der Waals surface area contributed by atoms with Crippen molar-refractivity contribution < 1.29 is 22.7 Å². The van der Waals surface area contributed by atoms with Gasteiger partial charge in [-0.15, -0.1) is 0 Å². The molecule has 2 fully saturated rings. The Morgan fingerprint density at radius 2 is 1.81 bits per heavy atom. The molecule has 0 atom stereocenters. The molecule has 3 aliphatic rings. The Bertz CT molecular complexity index is 988. The number of ether oxygens (including phenoxy) is 1. The molecule has 1 N–H and O–H groups in total. The Labute approximate surface area is 197 Å². The Balaban J connectivity index is 1.45. The van der Waals surface area contributed by atoms with Gasteiger partial charge in [-0.2, -0.15) is 4.31 Å². The minimum Gasteiger partial charge on any atom is -0.379 e. The van der Waals surface area contributed by atoms with Crippen LogP contribution in [0.4, 0.5) is 5.69 Å². The second kappa shape index (κ2) is 9.76. The SMILES string of the molecule is CCC(=O)N1CCc2cc(Br)c(S(=O)(=O)N3CCC(C(=O)NN4CCOCC4)CC3)cc21. The van der Waals surface area contributed by atoms with Crippen LogP contribution in [0.1, 0.15) is 31.7 Å². The Hall–Kier alpha value is -1.53. The topological polar surface area (TPSA) is 99.3 Å². The van der Waals surface area contributed by atoms with Gasteiger partial charge in [0, 0.05) is 55.2 Å². The van der Waals surface area contributed by atoms with E-state index in [0.29, 0.717) is 68.7 Å². The van der Waals surface area contributed by atoms with Gasteiger partial charge in [0.2, 0.25) is 21.8 Å². The van der Waals surface area contributed by atoms with Gasteiger partial charge in [0.05, 0.1) is 18.1 Å². The predicted octanol–water partition coefficient (Wildman–Crippen LogP) is 1.51. The summed E-state index contributed by atoms with van der Waals surface area (Å²) in [6, 6.07) is 3.43. The summed E-state index contributed by atoms with van der Waals surface area (Å²) >= 11 is 3.43. The fourth-order valence-electron chi connectivity index (χ4n) is 4.46. The third kappa shape index (κ3) is 4.72. The molecule has 3 aliphatic heterocycles. The first-order chi connectivity index (χ1) is 15.3. The smallest absolute Gasteiger partial charge is 0.244 e. The van der Waals surface area contributed by atoms with Crippen molar-refractivity contribution in [3.8, 4) is 0 Å². The number of piperidine rings is 1. The monoisotopic (exact) mass is 528 g/mol. The van der Waals surface area contributed by atoms with Gasteiger partial charge in [0.25, 0.3) is 0 Å². The van der Waals surface area contributed by atoms with Crippen LogP contribution in [0.25, 0.3) is 0 Å². The zero-order valence-electron chi connectivity index (χ0n) is 18.2. The molecule has 0 saturated carbocycles. The maximum absolute atomic E-state index is 13.4. The van der Waals surface area contributed by atoms with E-state index in [1.165, 1.54) is 4.31 Å². The largest absolute Gasteiger partial charge is 0.379 e. The molecule has 9 nitrogen and oxygen atoms in total. The van der Waals surface area contributed by atoms with E-state index in [0.717, 1.165) is 5.56 Å². The number of carbonyl (C=O) groups is 2. The van der Waals surface area contributed by atoms with Crippen LogP contribution >= 0.6 is 15.9 Å². The number of anilines is 1. The van der Waals surface area contributed by atoms with E-state index in [1.807, 2.05) is 11.1 Å². The second-order valence-electron chi connectivity index (χ2n) is 8.31. The second-order valence-corrected chi connectivity index (χ2v) is 11.1. The van der Waals surface area contributed by atoms with Gasteiger partial charge in [-0.05, 0) is 52.9 Å². The standard InChI is InChI=1S/C21H29BrN4O5S/c1-2-20(27)26-8-5-16-13-17(22)19(14-18(16)26)32(29,30)25-6-3-15(4-7-25)21(28)23-24-9-11-31-12-10-24/h13-15H,2-12H2,1H3,(H,23,28). The maximum Gasteiger partial charge on any atom is 0.244 e. The molecule has 2 saturated heterocycles. The van der Waals surface area contributed by atoms with E-state index in [9.17, 15) is 18.0 Å². The number of hydrogen-bond acceptors (Lipinski definition) is 6. The molecule has 3 heterocycles. The molecule has 0 unspecified atom stereocenters. The first-order valence-electron chi connectivity index (χ1n) is 11.1. The average Bonchev–Trinajstić information content (AvgIpc) is 3.21. The number of benzene rings is 1. The zero-order valence-corrected chi connectivity index (χ0v) is 20.6. The van der Waals surface area contributed by atoms with Crippen LogP contribution in [0.3, 0.4) is 0 Å². The molecule has 32 heavy (non-hydrogen) atoms. The number of halogens is 1. The van der Waals surface area contributed by atoms with Gasteiger partial charge < -0.3 is 9.64 Å². The molecule has 2 amide bonds. The molecule has 0 bridgehead atoms. The van der Waals surface area contributed by atoms with Crippen molar-refractivity contribution in [2.45, 2.75) is 37.5 Å². The number of hydrogen-bond donors (Lipinski definition) is 1. The van der Waals surface area contributed by atoms with E-state index in [1.54, 1.807) is 17.9 Å². The summed E-state index contributed by atoms with van der Waals surface area (Å²) in [5.74, 6) is -0.289. The molecule has 0 aromatic heterocycles. The summed E-state index contributed by atoms with van der Waals surface area (Å²) < 4.78 is 34.1. The lowest BCUT2D eigenvalue weighted by atomic mass is 9.97. The van der Waals surface area contributed by atoms with E-state index in [2.05, 4.69) is 21.4 Å². The fraction of sp³-hybridized carbons (Fsp3) is 0.619. The molecular weight excluding hydrogens is 500 g/mol. The maximum atomic E-state index is 13.4. The third-order valence-electron chi connectivity index (χ3n) is 6.35. The van der Waals surface area contributed by atoms with E-state index in [-0.39, 0.29) is 35.7 Å². The van der Waals surface area contributed by atoms with Crippen LogP contribution in [-0.4, -0.2) is 75.5 Å². The van der Waals surface area contributed by atoms with Crippen molar-refractivity contribution in [1.82, 2.24) is 14.7 Å². The molecule has 0 aliphatic carbocycles. The van der Waals surface area contributed by atoms with Gasteiger partial charge in [0.15, 0.2) is 0 Å². The zero-order chi connectivity index (χ0) is 22.9. The number of morpholine rings is 1. The molecule has 1 aromatic carbocycles. The van der Waals surface area contributed by atoms with Crippen molar-refractivity contribution in [2.75, 3.05) is 50.8 Å². The molecule has 0 radical (unpaired) electrons. The Morgan fingerprint density at radius 1 is 1.12 bits per heavy atom. The molecule has 1 aromatic rings. The van der Waals surface area contributed by atoms with Gasteiger partial charge in [-0.1, -0.05) is 6.92 Å². The highest BCUT2D eigenvalue weighted by molar-refractivity contribution is 9.10. The van der Waals surface area contributed by atoms with Crippen molar-refractivity contribution in [3.05, 3.63) is 22.2 Å². The van der Waals surface area contributed by atoms with E-state index in [4.69, 9.17) is 4.74 Å². The highest BCUT2D eigenvalue weighted by Gasteiger charge is 2.35. The van der Waals surface area contributed by atoms with Gasteiger partial charge in [-0.3, -0.25) is 15.0 Å². The van der Waals surface area contributed by atoms with Gasteiger partial charge >= 0.3 is 0 Å². The number of rotatable bonds is 5. The van der Waals surface area contributed by atoms with Crippen LogP contribution in [0, 0.1) is 5.92 Å². The van der Waals surface area contributed by atoms with Crippen molar-refractivity contribution >= 4 is 43.5 Å². The lowest BCUT2D eigenvalue weighted by molar-refractivity contribution is -0.133. The van der Waals surface area contributed by atoms with Crippen molar-refractivity contribution in [2.24, 2.45) is 5.92 Å². The van der Waals surface area contributed by atoms with E-state index < -0.39 is 10.0 Å². The molecule has 0 spiro atoms. The minimum absolute atomic E-state index is 0.0125. The molecular formula is C21H29BrN4O5S. The Kier molecular flexibility index (Phi) is 7.21. The lowest BCUT2D eigenvalue weighted by Crippen LogP contribution is -2.51. The number of fused-ring (bicyclic) bond motifs is 1. The summed E-state index contributed by atoms with van der Waals surface area (Å²) in [6.45, 7) is 5.43. The normalized spacial score (nSPS) is 20.9. The summed E-state index contributed by atoms with van der Waals surface area (Å²) in [6.07, 6.45) is 2.03. The first kappa shape index (κ1) is 23.6. The van der Waals surface area contributed by atoms with Crippen molar-refractivity contribution in [1.29, 1.82) is 0 Å². The molecule has 176 valence electrons.